The molecule has 2 aliphatic rings. The molecule has 1 saturated heterocycles. The lowest BCUT2D eigenvalue weighted by Gasteiger charge is -2.23. The van der Waals surface area contributed by atoms with Crippen molar-refractivity contribution in [3.63, 3.8) is 0 Å². The van der Waals surface area contributed by atoms with Crippen molar-refractivity contribution in [2.24, 2.45) is 10.9 Å². The largest absolute Gasteiger partial charge is 0.379 e. The molecule has 1 amide bonds. The fourth-order valence-corrected chi connectivity index (χ4v) is 3.36. The zero-order valence-corrected chi connectivity index (χ0v) is 16.6. The summed E-state index contributed by atoms with van der Waals surface area (Å²) in [5, 5.41) is 3.44. The van der Waals surface area contributed by atoms with Crippen molar-refractivity contribution < 1.29 is 9.53 Å². The van der Waals surface area contributed by atoms with E-state index in [1.54, 1.807) is 7.05 Å². The maximum absolute atomic E-state index is 11.9. The summed E-state index contributed by atoms with van der Waals surface area (Å²) in [6.45, 7) is 4.68. The summed E-state index contributed by atoms with van der Waals surface area (Å²) in [5.41, 5.74) is 2.41. The van der Waals surface area contributed by atoms with Gasteiger partial charge >= 0.3 is 0 Å². The smallest absolute Gasteiger partial charge is 0.222 e. The number of amides is 1. The molecule has 1 N–H and O–H groups in total. The number of carbonyl (C=O) groups excluding carboxylic acids is 1. The van der Waals surface area contributed by atoms with E-state index in [-0.39, 0.29) is 5.91 Å². The van der Waals surface area contributed by atoms with Crippen LogP contribution in [0.2, 0.25) is 0 Å². The highest BCUT2D eigenvalue weighted by Gasteiger charge is 2.22. The number of ether oxygens (including phenoxy) is 1. The quantitative estimate of drug-likeness (QED) is 0.410. The summed E-state index contributed by atoms with van der Waals surface area (Å²) in [4.78, 5) is 20.4. The van der Waals surface area contributed by atoms with Crippen molar-refractivity contribution in [1.82, 2.24) is 15.1 Å². The lowest BCUT2D eigenvalue weighted by Crippen LogP contribution is -2.40. The molecule has 1 aliphatic heterocycles. The molecular weight excluding hydrogens is 340 g/mol. The van der Waals surface area contributed by atoms with Gasteiger partial charge in [0.05, 0.1) is 6.61 Å². The molecule has 1 aromatic carbocycles. The van der Waals surface area contributed by atoms with Crippen LogP contribution >= 0.6 is 0 Å². The van der Waals surface area contributed by atoms with Crippen LogP contribution in [0.1, 0.15) is 36.8 Å². The Balaban J connectivity index is 1.49. The number of hydrogen-bond acceptors (Lipinski definition) is 3. The number of nitrogens with one attached hydrogen (secondary N) is 1. The van der Waals surface area contributed by atoms with Crippen molar-refractivity contribution in [2.45, 2.75) is 38.8 Å². The van der Waals surface area contributed by atoms with E-state index in [1.165, 1.54) is 24.0 Å². The Morgan fingerprint density at radius 1 is 1.33 bits per heavy atom. The Kier molecular flexibility index (Phi) is 7.10. The molecule has 0 atom stereocenters. The van der Waals surface area contributed by atoms with Crippen LogP contribution in [0.5, 0.6) is 0 Å². The summed E-state index contributed by atoms with van der Waals surface area (Å²) < 4.78 is 5.73. The average molecular weight is 373 g/mol. The molecule has 148 valence electrons. The van der Waals surface area contributed by atoms with E-state index in [0.29, 0.717) is 19.5 Å². The standard InChI is InChI=1S/C21H32N4O2/c1-22-21(24(2)12-13-27-16-17-9-10-17)23-14-18-6-3-4-7-19(18)15-25-11-5-8-20(25)26/h3-4,6-7,17H,5,8-16H2,1-2H3,(H,22,23). The highest BCUT2D eigenvalue weighted by atomic mass is 16.5. The molecule has 1 aromatic rings. The van der Waals surface area contributed by atoms with Gasteiger partial charge in [0.25, 0.3) is 0 Å². The summed E-state index contributed by atoms with van der Waals surface area (Å²) in [7, 11) is 3.84. The summed E-state index contributed by atoms with van der Waals surface area (Å²) in [5.74, 6) is 1.92. The summed E-state index contributed by atoms with van der Waals surface area (Å²) in [6, 6.07) is 8.32. The van der Waals surface area contributed by atoms with Crippen LogP contribution in [0.3, 0.4) is 0 Å². The molecule has 2 fully saturated rings. The molecule has 0 aromatic heterocycles. The third-order valence-corrected chi connectivity index (χ3v) is 5.28. The number of rotatable bonds is 9. The lowest BCUT2D eigenvalue weighted by molar-refractivity contribution is -0.128. The minimum atomic E-state index is 0.263. The third kappa shape index (κ3) is 5.96. The number of aliphatic imine (C=N–C) groups is 1. The van der Waals surface area contributed by atoms with E-state index in [4.69, 9.17) is 4.74 Å². The van der Waals surface area contributed by atoms with Crippen LogP contribution in [-0.2, 0) is 22.6 Å². The number of likely N-dealkylation sites (tertiary alicyclic amines) is 1. The van der Waals surface area contributed by atoms with Gasteiger partial charge in [-0.2, -0.15) is 0 Å². The van der Waals surface area contributed by atoms with E-state index >= 15 is 0 Å². The van der Waals surface area contributed by atoms with E-state index < -0.39 is 0 Å². The van der Waals surface area contributed by atoms with Gasteiger partial charge in [0.1, 0.15) is 0 Å². The van der Waals surface area contributed by atoms with E-state index in [2.05, 4.69) is 27.3 Å². The Morgan fingerprint density at radius 3 is 2.78 bits per heavy atom. The normalized spacial score (nSPS) is 17.5. The van der Waals surface area contributed by atoms with Crippen molar-refractivity contribution >= 4 is 11.9 Å². The second-order valence-corrected chi connectivity index (χ2v) is 7.53. The van der Waals surface area contributed by atoms with Crippen LogP contribution in [0.15, 0.2) is 29.3 Å². The van der Waals surface area contributed by atoms with Gasteiger partial charge in [-0.05, 0) is 36.3 Å². The summed E-state index contributed by atoms with van der Waals surface area (Å²) >= 11 is 0. The second-order valence-electron chi connectivity index (χ2n) is 7.53. The van der Waals surface area contributed by atoms with Gasteiger partial charge in [0, 0.05) is 53.3 Å². The SMILES string of the molecule is CN=C(NCc1ccccc1CN1CCCC1=O)N(C)CCOCC1CC1. The predicted molar refractivity (Wildman–Crippen MR) is 107 cm³/mol. The monoisotopic (exact) mass is 372 g/mol. The molecule has 0 radical (unpaired) electrons. The lowest BCUT2D eigenvalue weighted by atomic mass is 10.1. The zero-order chi connectivity index (χ0) is 19.1. The van der Waals surface area contributed by atoms with Gasteiger partial charge in [0.15, 0.2) is 5.96 Å². The van der Waals surface area contributed by atoms with Crippen molar-refractivity contribution in [1.29, 1.82) is 0 Å². The predicted octanol–water partition coefficient (Wildman–Crippen LogP) is 2.24. The Labute approximate surface area is 162 Å². The fourth-order valence-electron chi connectivity index (χ4n) is 3.36. The maximum Gasteiger partial charge on any atom is 0.222 e. The average Bonchev–Trinajstić information content (AvgIpc) is 3.42. The molecule has 1 saturated carbocycles. The van der Waals surface area contributed by atoms with Crippen molar-refractivity contribution in [3.05, 3.63) is 35.4 Å². The molecule has 0 spiro atoms. The molecule has 6 nitrogen and oxygen atoms in total. The number of guanidine groups is 1. The molecular formula is C21H32N4O2. The first-order chi connectivity index (χ1) is 13.2. The number of hydrogen-bond donors (Lipinski definition) is 1. The second kappa shape index (κ2) is 9.74. The minimum absolute atomic E-state index is 0.263. The number of carbonyl (C=O) groups is 1. The molecule has 0 bridgehead atoms. The summed E-state index contributed by atoms with van der Waals surface area (Å²) in [6.07, 6.45) is 4.29. The van der Waals surface area contributed by atoms with Crippen LogP contribution in [0.25, 0.3) is 0 Å². The Hall–Kier alpha value is -2.08. The van der Waals surface area contributed by atoms with Crippen molar-refractivity contribution in [2.75, 3.05) is 40.4 Å². The van der Waals surface area contributed by atoms with Gasteiger partial charge in [0.2, 0.25) is 5.91 Å². The Bertz CT molecular complexity index is 657. The van der Waals surface area contributed by atoms with Crippen LogP contribution in [0, 0.1) is 5.92 Å². The molecule has 6 heteroatoms. The first-order valence-electron chi connectivity index (χ1n) is 10.0. The van der Waals surface area contributed by atoms with Gasteiger partial charge in [-0.25, -0.2) is 0 Å². The van der Waals surface area contributed by atoms with Crippen LogP contribution in [-0.4, -0.2) is 62.1 Å². The third-order valence-electron chi connectivity index (χ3n) is 5.28. The van der Waals surface area contributed by atoms with Crippen LogP contribution < -0.4 is 5.32 Å². The Morgan fingerprint density at radius 2 is 2.11 bits per heavy atom. The molecule has 27 heavy (non-hydrogen) atoms. The van der Waals surface area contributed by atoms with E-state index in [9.17, 15) is 4.79 Å². The van der Waals surface area contributed by atoms with Crippen LogP contribution in [0.4, 0.5) is 0 Å². The van der Waals surface area contributed by atoms with Gasteiger partial charge in [-0.3, -0.25) is 9.79 Å². The number of benzene rings is 1. The van der Waals surface area contributed by atoms with Gasteiger partial charge < -0.3 is 19.9 Å². The van der Waals surface area contributed by atoms with Crippen molar-refractivity contribution in [3.8, 4) is 0 Å². The molecule has 1 aliphatic carbocycles. The minimum Gasteiger partial charge on any atom is -0.379 e. The zero-order valence-electron chi connectivity index (χ0n) is 16.6. The first-order valence-corrected chi connectivity index (χ1v) is 10.0. The fraction of sp³-hybridized carbons (Fsp3) is 0.619. The molecule has 3 rings (SSSR count). The molecule has 1 heterocycles. The van der Waals surface area contributed by atoms with Gasteiger partial charge in [-0.1, -0.05) is 24.3 Å². The number of likely N-dealkylation sites (N-methyl/N-ethyl adjacent to an activating group) is 1. The highest BCUT2D eigenvalue weighted by Crippen LogP contribution is 2.28. The van der Waals surface area contributed by atoms with E-state index in [1.807, 2.05) is 24.1 Å². The van der Waals surface area contributed by atoms with E-state index in [0.717, 1.165) is 44.6 Å². The molecule has 0 unspecified atom stereocenters. The van der Waals surface area contributed by atoms with Gasteiger partial charge in [-0.15, -0.1) is 0 Å². The first kappa shape index (κ1) is 19.7. The highest BCUT2D eigenvalue weighted by molar-refractivity contribution is 5.79. The maximum atomic E-state index is 11.9. The number of nitrogens with zero attached hydrogens (tertiary/aromatic N) is 3. The topological polar surface area (TPSA) is 57.2 Å².